The van der Waals surface area contributed by atoms with Gasteiger partial charge in [0.15, 0.2) is 0 Å². The van der Waals surface area contributed by atoms with Crippen molar-refractivity contribution >= 4 is 38.6 Å². The number of morpholine rings is 1. The lowest BCUT2D eigenvalue weighted by atomic mass is 10.0. The van der Waals surface area contributed by atoms with E-state index >= 15 is 0 Å². The Morgan fingerprint density at radius 3 is 2.86 bits per heavy atom. The molecule has 0 saturated carbocycles. The van der Waals surface area contributed by atoms with Gasteiger partial charge in [0.1, 0.15) is 5.82 Å². The van der Waals surface area contributed by atoms with Crippen molar-refractivity contribution in [3.8, 4) is 0 Å². The molecule has 3 heterocycles. The zero-order valence-electron chi connectivity index (χ0n) is 15.7. The van der Waals surface area contributed by atoms with E-state index in [-0.39, 0.29) is 11.9 Å². The molecule has 1 atom stereocenters. The summed E-state index contributed by atoms with van der Waals surface area (Å²) in [5.41, 5.74) is 10.5. The largest absolute Gasteiger partial charge is 0.383 e. The van der Waals surface area contributed by atoms with Crippen LogP contribution in [-0.2, 0) is 22.7 Å². The van der Waals surface area contributed by atoms with Crippen molar-refractivity contribution in [2.75, 3.05) is 25.5 Å². The van der Waals surface area contributed by atoms with Crippen LogP contribution < -0.4 is 5.73 Å². The Hall–Kier alpha value is -2.48. The number of fused-ring (bicyclic) bond motifs is 3. The lowest BCUT2D eigenvalue weighted by molar-refractivity contribution is -0.00270. The Bertz CT molecular complexity index is 1120. The first-order valence-electron chi connectivity index (χ1n) is 9.55. The molecule has 1 unspecified atom stereocenters. The number of halogens is 1. The Labute approximate surface area is 176 Å². The molecule has 0 radical (unpaired) electrons. The molecule has 0 spiro atoms. The van der Waals surface area contributed by atoms with Gasteiger partial charge >= 0.3 is 0 Å². The third-order valence-corrected chi connectivity index (χ3v) is 6.09. The van der Waals surface area contributed by atoms with Gasteiger partial charge in [-0.3, -0.25) is 4.79 Å². The van der Waals surface area contributed by atoms with Crippen LogP contribution in [0.1, 0.15) is 33.1 Å². The first-order valence-corrected chi connectivity index (χ1v) is 10.3. The predicted octanol–water partition coefficient (Wildman–Crippen LogP) is 3.82. The van der Waals surface area contributed by atoms with Gasteiger partial charge in [0.05, 0.1) is 38.0 Å². The molecular formula is C22H20BrN3O3. The van der Waals surface area contributed by atoms with Gasteiger partial charge in [-0.2, -0.15) is 0 Å². The Balaban J connectivity index is 1.53. The van der Waals surface area contributed by atoms with Crippen molar-refractivity contribution in [2.24, 2.45) is 0 Å². The molecule has 7 heteroatoms. The lowest BCUT2D eigenvalue weighted by Crippen LogP contribution is -2.43. The van der Waals surface area contributed by atoms with Gasteiger partial charge in [-0.05, 0) is 41.5 Å². The number of nitrogens with two attached hydrogens (primary N) is 1. The number of rotatable bonds is 2. The van der Waals surface area contributed by atoms with E-state index in [1.54, 1.807) is 0 Å². The fourth-order valence-corrected chi connectivity index (χ4v) is 4.52. The van der Waals surface area contributed by atoms with Crippen molar-refractivity contribution < 1.29 is 14.3 Å². The number of hydrogen-bond acceptors (Lipinski definition) is 5. The fraction of sp³-hybridized carbons (Fsp3) is 0.273. The topological polar surface area (TPSA) is 77.7 Å². The number of hydrogen-bond donors (Lipinski definition) is 1. The number of nitrogen functional groups attached to an aromatic ring is 1. The minimum atomic E-state index is -0.122. The highest BCUT2D eigenvalue weighted by Gasteiger charge is 2.30. The molecule has 0 aliphatic carbocycles. The molecule has 2 aliphatic heterocycles. The monoisotopic (exact) mass is 453 g/mol. The second-order valence-corrected chi connectivity index (χ2v) is 8.24. The highest BCUT2D eigenvalue weighted by atomic mass is 79.9. The van der Waals surface area contributed by atoms with E-state index in [1.807, 2.05) is 47.4 Å². The van der Waals surface area contributed by atoms with Crippen LogP contribution in [0.2, 0.25) is 0 Å². The molecule has 0 bridgehead atoms. The van der Waals surface area contributed by atoms with Crippen molar-refractivity contribution in [3.05, 3.63) is 69.2 Å². The van der Waals surface area contributed by atoms with Crippen molar-refractivity contribution in [1.82, 2.24) is 9.88 Å². The van der Waals surface area contributed by atoms with Crippen LogP contribution in [0.25, 0.3) is 10.9 Å². The molecule has 1 aromatic heterocycles. The zero-order valence-corrected chi connectivity index (χ0v) is 17.3. The second-order valence-electron chi connectivity index (χ2n) is 7.32. The molecule has 5 rings (SSSR count). The third-order valence-electron chi connectivity index (χ3n) is 5.60. The first-order chi connectivity index (χ1) is 14.1. The maximum Gasteiger partial charge on any atom is 0.254 e. The first kappa shape index (κ1) is 18.5. The highest BCUT2D eigenvalue weighted by molar-refractivity contribution is 9.10. The Morgan fingerprint density at radius 1 is 1.14 bits per heavy atom. The third kappa shape index (κ3) is 3.29. The average molecular weight is 454 g/mol. The molecule has 2 aliphatic rings. The number of benzene rings is 2. The maximum atomic E-state index is 13.5. The van der Waals surface area contributed by atoms with Gasteiger partial charge < -0.3 is 20.1 Å². The smallest absolute Gasteiger partial charge is 0.254 e. The molecule has 2 N–H and O–H groups in total. The van der Waals surface area contributed by atoms with Crippen LogP contribution >= 0.6 is 15.9 Å². The highest BCUT2D eigenvalue weighted by Crippen LogP contribution is 2.33. The fourth-order valence-electron chi connectivity index (χ4n) is 4.11. The summed E-state index contributed by atoms with van der Waals surface area (Å²) in [7, 11) is 0. The van der Waals surface area contributed by atoms with Crippen molar-refractivity contribution in [3.63, 3.8) is 0 Å². The van der Waals surface area contributed by atoms with Gasteiger partial charge in [-0.1, -0.05) is 28.1 Å². The number of nitrogens with zero attached hydrogens (tertiary/aromatic N) is 2. The van der Waals surface area contributed by atoms with E-state index in [2.05, 4.69) is 20.9 Å². The van der Waals surface area contributed by atoms with E-state index in [1.165, 1.54) is 0 Å². The number of carbonyl (C=O) groups is 1. The van der Waals surface area contributed by atoms with Crippen molar-refractivity contribution in [2.45, 2.75) is 19.3 Å². The SMILES string of the molecule is Nc1nc2ccc(C(=O)N3CCOCC3c3cccc(Br)c3)cc2c2c1COC2. The predicted molar refractivity (Wildman–Crippen MR) is 113 cm³/mol. The summed E-state index contributed by atoms with van der Waals surface area (Å²) in [5.74, 6) is 0.497. The van der Waals surface area contributed by atoms with Crippen LogP contribution in [0.15, 0.2) is 46.9 Å². The van der Waals surface area contributed by atoms with Gasteiger partial charge in [-0.15, -0.1) is 0 Å². The minimum absolute atomic E-state index is 0.00957. The summed E-state index contributed by atoms with van der Waals surface area (Å²) >= 11 is 3.52. The van der Waals surface area contributed by atoms with E-state index in [9.17, 15) is 4.79 Å². The molecule has 2 aromatic carbocycles. The van der Waals surface area contributed by atoms with Gasteiger partial charge in [-0.25, -0.2) is 4.98 Å². The van der Waals surface area contributed by atoms with Crippen LogP contribution in [0.3, 0.4) is 0 Å². The minimum Gasteiger partial charge on any atom is -0.383 e. The number of pyridine rings is 1. The summed E-state index contributed by atoms with van der Waals surface area (Å²) in [6, 6.07) is 13.5. The number of anilines is 1. The van der Waals surface area contributed by atoms with Gasteiger partial charge in [0, 0.05) is 27.5 Å². The number of aromatic nitrogens is 1. The summed E-state index contributed by atoms with van der Waals surface area (Å²) < 4.78 is 12.2. The standard InChI is InChI=1S/C22H20BrN3O3/c23-15-3-1-2-13(8-15)20-12-28-7-6-26(20)22(27)14-4-5-19-16(9-14)17-10-29-11-18(17)21(24)25-19/h1-5,8-9,20H,6-7,10-12H2,(H2,24,25). The molecule has 1 fully saturated rings. The van der Waals surface area contributed by atoms with Gasteiger partial charge in [0.25, 0.3) is 5.91 Å². The molecule has 3 aromatic rings. The summed E-state index contributed by atoms with van der Waals surface area (Å²) in [6.45, 7) is 2.53. The molecule has 6 nitrogen and oxygen atoms in total. The Morgan fingerprint density at radius 2 is 2.00 bits per heavy atom. The van der Waals surface area contributed by atoms with E-state index < -0.39 is 0 Å². The second kappa shape index (κ2) is 7.40. The Kier molecular flexibility index (Phi) is 4.73. The van der Waals surface area contributed by atoms with Gasteiger partial charge in [0.2, 0.25) is 0 Å². The quantitative estimate of drug-likeness (QED) is 0.637. The van der Waals surface area contributed by atoms with Crippen molar-refractivity contribution in [1.29, 1.82) is 0 Å². The number of carbonyl (C=O) groups excluding carboxylic acids is 1. The van der Waals surface area contributed by atoms with E-state index in [0.717, 1.165) is 32.1 Å². The maximum absolute atomic E-state index is 13.5. The summed E-state index contributed by atoms with van der Waals surface area (Å²) in [4.78, 5) is 19.8. The zero-order chi connectivity index (χ0) is 20.0. The number of amides is 1. The summed E-state index contributed by atoms with van der Waals surface area (Å²) in [6.07, 6.45) is 0. The normalized spacial score (nSPS) is 18.8. The van der Waals surface area contributed by atoms with Crippen LogP contribution in [0.4, 0.5) is 5.82 Å². The molecule has 148 valence electrons. The number of ether oxygens (including phenoxy) is 2. The molecule has 1 saturated heterocycles. The van der Waals surface area contributed by atoms with E-state index in [4.69, 9.17) is 15.2 Å². The average Bonchev–Trinajstić information content (AvgIpc) is 3.24. The molecular weight excluding hydrogens is 434 g/mol. The van der Waals surface area contributed by atoms with E-state index in [0.29, 0.717) is 44.4 Å². The molecule has 1 amide bonds. The van der Waals surface area contributed by atoms with Crippen LogP contribution in [0.5, 0.6) is 0 Å². The molecule has 29 heavy (non-hydrogen) atoms. The van der Waals surface area contributed by atoms with Crippen LogP contribution in [-0.4, -0.2) is 35.5 Å². The summed E-state index contributed by atoms with van der Waals surface area (Å²) in [5, 5.41) is 0.935. The lowest BCUT2D eigenvalue weighted by Gasteiger charge is -2.36. The van der Waals surface area contributed by atoms with Crippen LogP contribution in [0, 0.1) is 0 Å².